The van der Waals surface area contributed by atoms with Crippen molar-refractivity contribution in [1.29, 1.82) is 0 Å². The average Bonchev–Trinajstić information content (AvgIpc) is 2.71. The van der Waals surface area contributed by atoms with E-state index < -0.39 is 36.4 Å². The number of aliphatic carboxylic acids is 2. The third kappa shape index (κ3) is 8.10. The summed E-state index contributed by atoms with van der Waals surface area (Å²) in [6.45, 7) is 2.21. The molecule has 5 N–H and O–H groups in total. The van der Waals surface area contributed by atoms with Crippen LogP contribution in [0.3, 0.4) is 0 Å². The minimum absolute atomic E-state index is 0.0917. The average molecular weight is 428 g/mol. The van der Waals surface area contributed by atoms with E-state index in [-0.39, 0.29) is 12.2 Å². The number of carboxylic acids is 2. The van der Waals surface area contributed by atoms with Crippen LogP contribution in [0.1, 0.15) is 29.5 Å². The summed E-state index contributed by atoms with van der Waals surface area (Å²) in [5.41, 5.74) is 2.46. The van der Waals surface area contributed by atoms with Crippen LogP contribution in [0.15, 0.2) is 48.5 Å². The van der Waals surface area contributed by atoms with E-state index in [1.165, 1.54) is 0 Å². The van der Waals surface area contributed by atoms with Gasteiger partial charge in [0.05, 0.1) is 12.5 Å². The minimum atomic E-state index is -1.19. The van der Waals surface area contributed by atoms with Crippen LogP contribution in [-0.4, -0.2) is 51.8 Å². The highest BCUT2D eigenvalue weighted by molar-refractivity contribution is 5.89. The number of carboxylic acid groups (broad SMARTS) is 2. The van der Waals surface area contributed by atoms with Crippen LogP contribution >= 0.6 is 0 Å². The van der Waals surface area contributed by atoms with Gasteiger partial charge >= 0.3 is 11.9 Å². The lowest BCUT2D eigenvalue weighted by Gasteiger charge is -2.20. The maximum absolute atomic E-state index is 12.6. The Hall–Kier alpha value is -3.39. The normalized spacial score (nSPS) is 12.7. The van der Waals surface area contributed by atoms with Gasteiger partial charge in [-0.05, 0) is 49.1 Å². The molecule has 0 aliphatic rings. The van der Waals surface area contributed by atoms with Crippen molar-refractivity contribution < 1.29 is 29.7 Å². The quantitative estimate of drug-likeness (QED) is 0.326. The molecule has 2 aromatic rings. The molecule has 2 rings (SSSR count). The number of phenolic OH excluding ortho intramolecular Hbond substituents is 1. The van der Waals surface area contributed by atoms with Gasteiger partial charge in [0.1, 0.15) is 11.8 Å². The maximum atomic E-state index is 12.6. The SMILES string of the molecule is Cc1ccc(CCCN[C@@H](CC(=O)O)C(=O)N[C@@H](Cc2ccccc2)C(=O)O)c(O)c1. The van der Waals surface area contributed by atoms with E-state index in [1.807, 2.05) is 19.1 Å². The van der Waals surface area contributed by atoms with Crippen LogP contribution < -0.4 is 10.6 Å². The molecule has 2 aromatic carbocycles. The third-order valence-corrected chi connectivity index (χ3v) is 4.85. The van der Waals surface area contributed by atoms with Crippen molar-refractivity contribution in [2.75, 3.05) is 6.54 Å². The smallest absolute Gasteiger partial charge is 0.326 e. The number of hydrogen-bond acceptors (Lipinski definition) is 5. The third-order valence-electron chi connectivity index (χ3n) is 4.85. The molecule has 0 spiro atoms. The lowest BCUT2D eigenvalue weighted by atomic mass is 10.0. The second-order valence-electron chi connectivity index (χ2n) is 7.43. The fraction of sp³-hybridized carbons (Fsp3) is 0.348. The number of carbonyl (C=O) groups excluding carboxylic acids is 1. The predicted octanol–water partition coefficient (Wildman–Crippen LogP) is 1.88. The van der Waals surface area contributed by atoms with E-state index >= 15 is 0 Å². The number of rotatable bonds is 12. The molecule has 0 aliphatic carbocycles. The number of amides is 1. The van der Waals surface area contributed by atoms with E-state index in [9.17, 15) is 24.6 Å². The zero-order chi connectivity index (χ0) is 22.8. The lowest BCUT2D eigenvalue weighted by Crippen LogP contribution is -2.51. The van der Waals surface area contributed by atoms with Crippen molar-refractivity contribution in [3.63, 3.8) is 0 Å². The highest BCUT2D eigenvalue weighted by atomic mass is 16.4. The van der Waals surface area contributed by atoms with Gasteiger partial charge in [0, 0.05) is 6.42 Å². The number of aryl methyl sites for hydroxylation is 2. The van der Waals surface area contributed by atoms with E-state index in [0.29, 0.717) is 19.4 Å². The monoisotopic (exact) mass is 428 g/mol. The van der Waals surface area contributed by atoms with Crippen molar-refractivity contribution >= 4 is 17.8 Å². The molecule has 166 valence electrons. The summed E-state index contributed by atoms with van der Waals surface area (Å²) in [5, 5.41) is 33.9. The van der Waals surface area contributed by atoms with Crippen molar-refractivity contribution in [3.05, 3.63) is 65.2 Å². The van der Waals surface area contributed by atoms with Gasteiger partial charge in [-0.15, -0.1) is 0 Å². The van der Waals surface area contributed by atoms with E-state index in [4.69, 9.17) is 5.11 Å². The molecule has 0 radical (unpaired) electrons. The molecule has 31 heavy (non-hydrogen) atoms. The molecule has 0 heterocycles. The van der Waals surface area contributed by atoms with Crippen molar-refractivity contribution in [2.45, 2.75) is 44.7 Å². The fourth-order valence-electron chi connectivity index (χ4n) is 3.19. The first-order chi connectivity index (χ1) is 14.8. The minimum Gasteiger partial charge on any atom is -0.508 e. The summed E-state index contributed by atoms with van der Waals surface area (Å²) in [6, 6.07) is 12.0. The molecule has 0 saturated heterocycles. The van der Waals surface area contributed by atoms with Gasteiger partial charge in [-0.3, -0.25) is 9.59 Å². The molecule has 1 amide bonds. The molecule has 0 fully saturated rings. The number of carbonyl (C=O) groups is 3. The Labute approximate surface area is 180 Å². The Morgan fingerprint density at radius 1 is 1.00 bits per heavy atom. The highest BCUT2D eigenvalue weighted by Gasteiger charge is 2.26. The molecule has 0 saturated carbocycles. The van der Waals surface area contributed by atoms with Crippen LogP contribution in [-0.2, 0) is 27.2 Å². The van der Waals surface area contributed by atoms with Crippen molar-refractivity contribution in [2.24, 2.45) is 0 Å². The first-order valence-corrected chi connectivity index (χ1v) is 10.1. The summed E-state index contributed by atoms with van der Waals surface area (Å²) in [5.74, 6) is -2.84. The number of nitrogens with one attached hydrogen (secondary N) is 2. The van der Waals surface area contributed by atoms with Gasteiger partial charge in [0.15, 0.2) is 0 Å². The standard InChI is InChI=1S/C23H28N2O6/c1-15-9-10-17(20(26)12-15)8-5-11-24-18(14-21(27)28)22(29)25-19(23(30)31)13-16-6-3-2-4-7-16/h2-4,6-7,9-10,12,18-19,24,26H,5,8,11,13-14H2,1H3,(H,25,29)(H,27,28)(H,30,31)/t18-,19-/m0/s1. The van der Waals surface area contributed by atoms with Crippen molar-refractivity contribution in [1.82, 2.24) is 10.6 Å². The Morgan fingerprint density at radius 2 is 1.71 bits per heavy atom. The Kier molecular flexibility index (Phi) is 9.02. The van der Waals surface area contributed by atoms with Crippen molar-refractivity contribution in [3.8, 4) is 5.75 Å². The number of benzene rings is 2. The first-order valence-electron chi connectivity index (χ1n) is 10.1. The summed E-state index contributed by atoms with van der Waals surface area (Å²) in [7, 11) is 0. The topological polar surface area (TPSA) is 136 Å². The molecule has 8 heteroatoms. The zero-order valence-electron chi connectivity index (χ0n) is 17.4. The molecular formula is C23H28N2O6. The summed E-state index contributed by atoms with van der Waals surface area (Å²) >= 11 is 0. The number of aromatic hydroxyl groups is 1. The van der Waals surface area contributed by atoms with Gasteiger partial charge in [0.25, 0.3) is 0 Å². The molecule has 0 bridgehead atoms. The summed E-state index contributed by atoms with van der Waals surface area (Å²) in [4.78, 5) is 35.4. The number of hydrogen-bond donors (Lipinski definition) is 5. The first kappa shape index (κ1) is 23.9. The van der Waals surface area contributed by atoms with Crippen LogP contribution in [0.5, 0.6) is 5.75 Å². The molecule has 0 aromatic heterocycles. The molecular weight excluding hydrogens is 400 g/mol. The molecule has 8 nitrogen and oxygen atoms in total. The maximum Gasteiger partial charge on any atom is 0.326 e. The second kappa shape index (κ2) is 11.7. The van der Waals surface area contributed by atoms with Crippen LogP contribution in [0.25, 0.3) is 0 Å². The van der Waals surface area contributed by atoms with Gasteiger partial charge < -0.3 is 26.0 Å². The van der Waals surface area contributed by atoms with E-state index in [0.717, 1.165) is 16.7 Å². The fourth-order valence-corrected chi connectivity index (χ4v) is 3.19. The predicted molar refractivity (Wildman–Crippen MR) is 115 cm³/mol. The largest absolute Gasteiger partial charge is 0.508 e. The lowest BCUT2D eigenvalue weighted by molar-refractivity contribution is -0.143. The molecule has 2 atom stereocenters. The van der Waals surface area contributed by atoms with Crippen LogP contribution in [0.4, 0.5) is 0 Å². The van der Waals surface area contributed by atoms with Gasteiger partial charge in [-0.2, -0.15) is 0 Å². The highest BCUT2D eigenvalue weighted by Crippen LogP contribution is 2.19. The Balaban J connectivity index is 1.93. The second-order valence-corrected chi connectivity index (χ2v) is 7.43. The van der Waals surface area contributed by atoms with Crippen LogP contribution in [0, 0.1) is 6.92 Å². The number of phenols is 1. The van der Waals surface area contributed by atoms with E-state index in [2.05, 4.69) is 10.6 Å². The summed E-state index contributed by atoms with van der Waals surface area (Å²) in [6.07, 6.45) is 0.729. The molecule has 0 unspecified atom stereocenters. The Morgan fingerprint density at radius 3 is 2.32 bits per heavy atom. The Bertz CT molecular complexity index is 900. The zero-order valence-corrected chi connectivity index (χ0v) is 17.4. The van der Waals surface area contributed by atoms with Gasteiger partial charge in [0.2, 0.25) is 5.91 Å². The van der Waals surface area contributed by atoms with E-state index in [1.54, 1.807) is 36.4 Å². The van der Waals surface area contributed by atoms with Gasteiger partial charge in [-0.25, -0.2) is 4.79 Å². The van der Waals surface area contributed by atoms with Gasteiger partial charge in [-0.1, -0.05) is 42.5 Å². The molecule has 0 aliphatic heterocycles. The summed E-state index contributed by atoms with van der Waals surface area (Å²) < 4.78 is 0. The van der Waals surface area contributed by atoms with Crippen LogP contribution in [0.2, 0.25) is 0 Å².